The van der Waals surface area contributed by atoms with Crippen molar-refractivity contribution < 1.29 is 4.79 Å². The zero-order chi connectivity index (χ0) is 17.8. The van der Waals surface area contributed by atoms with Crippen LogP contribution in [0.15, 0.2) is 24.3 Å². The Morgan fingerprint density at radius 3 is 2.68 bits per heavy atom. The maximum Gasteiger partial charge on any atom is 0.270 e. The molecule has 25 heavy (non-hydrogen) atoms. The molecule has 0 unspecified atom stereocenters. The van der Waals surface area contributed by atoms with Gasteiger partial charge < -0.3 is 10.6 Å². The molecule has 1 saturated carbocycles. The second kappa shape index (κ2) is 8.02. The van der Waals surface area contributed by atoms with Crippen molar-refractivity contribution in [2.24, 2.45) is 0 Å². The minimum atomic E-state index is -0.169. The number of nitrogens with zero attached hydrogens (tertiary/aromatic N) is 2. The Morgan fingerprint density at radius 2 is 1.92 bits per heavy atom. The largest absolute Gasteiger partial charge is 0.348 e. The molecule has 0 bridgehead atoms. The lowest BCUT2D eigenvalue weighted by Gasteiger charge is -2.22. The van der Waals surface area contributed by atoms with Crippen LogP contribution in [0.4, 0.5) is 11.6 Å². The number of benzene rings is 1. The smallest absolute Gasteiger partial charge is 0.270 e. The van der Waals surface area contributed by atoms with Crippen molar-refractivity contribution in [2.75, 3.05) is 5.32 Å². The molecule has 2 N–H and O–H groups in total. The lowest BCUT2D eigenvalue weighted by Crippen LogP contribution is -2.36. The average Bonchev–Trinajstić information content (AvgIpc) is 2.59. The molecular weight excluding hydrogens is 359 g/mol. The summed E-state index contributed by atoms with van der Waals surface area (Å²) in [5.74, 6) is 0.149. The molecule has 1 aliphatic rings. The molecule has 0 spiro atoms. The van der Waals surface area contributed by atoms with Crippen LogP contribution in [0.5, 0.6) is 0 Å². The summed E-state index contributed by atoms with van der Waals surface area (Å²) in [6.45, 7) is 1.82. The third kappa shape index (κ3) is 4.61. The highest BCUT2D eigenvalue weighted by Crippen LogP contribution is 2.31. The van der Waals surface area contributed by atoms with Crippen LogP contribution in [-0.2, 0) is 0 Å². The van der Waals surface area contributed by atoms with Gasteiger partial charge in [-0.2, -0.15) is 0 Å². The SMILES string of the molecule is Cc1cc(C(=O)NC2CCCCC2)nc(Nc2cccc(Cl)c2Cl)n1. The third-order valence-electron chi connectivity index (χ3n) is 4.23. The molecule has 1 heterocycles. The van der Waals surface area contributed by atoms with Gasteiger partial charge in [0.05, 0.1) is 15.7 Å². The lowest BCUT2D eigenvalue weighted by molar-refractivity contribution is 0.0922. The van der Waals surface area contributed by atoms with E-state index in [1.54, 1.807) is 24.3 Å². The van der Waals surface area contributed by atoms with Crippen molar-refractivity contribution in [3.63, 3.8) is 0 Å². The number of hydrogen-bond acceptors (Lipinski definition) is 4. The fourth-order valence-corrected chi connectivity index (χ4v) is 3.32. The summed E-state index contributed by atoms with van der Waals surface area (Å²) in [7, 11) is 0. The molecule has 0 aliphatic heterocycles. The molecule has 1 fully saturated rings. The van der Waals surface area contributed by atoms with Gasteiger partial charge in [-0.3, -0.25) is 4.79 Å². The van der Waals surface area contributed by atoms with E-state index in [0.717, 1.165) is 25.7 Å². The van der Waals surface area contributed by atoms with Gasteiger partial charge in [0.2, 0.25) is 5.95 Å². The topological polar surface area (TPSA) is 66.9 Å². The minimum Gasteiger partial charge on any atom is -0.348 e. The molecule has 5 nitrogen and oxygen atoms in total. The molecule has 0 saturated heterocycles. The fourth-order valence-electron chi connectivity index (χ4n) is 2.97. The van der Waals surface area contributed by atoms with E-state index < -0.39 is 0 Å². The lowest BCUT2D eigenvalue weighted by atomic mass is 9.95. The second-order valence-electron chi connectivity index (χ2n) is 6.25. The van der Waals surface area contributed by atoms with Crippen molar-refractivity contribution in [1.82, 2.24) is 15.3 Å². The van der Waals surface area contributed by atoms with Gasteiger partial charge in [0.25, 0.3) is 5.91 Å². The Kier molecular flexibility index (Phi) is 5.76. The van der Waals surface area contributed by atoms with Crippen LogP contribution in [0, 0.1) is 6.92 Å². The first kappa shape index (κ1) is 18.0. The quantitative estimate of drug-likeness (QED) is 0.793. The maximum absolute atomic E-state index is 12.5. The molecular formula is C18H20Cl2N4O. The van der Waals surface area contributed by atoms with Gasteiger partial charge in [0.15, 0.2) is 0 Å². The van der Waals surface area contributed by atoms with Crippen LogP contribution in [0.1, 0.15) is 48.3 Å². The number of amides is 1. The number of nitrogens with one attached hydrogen (secondary N) is 2. The standard InChI is InChI=1S/C18H20Cl2N4O/c1-11-10-15(17(25)22-12-6-3-2-4-7-12)24-18(21-11)23-14-9-5-8-13(19)16(14)20/h5,8-10,12H,2-4,6-7H2,1H3,(H,22,25)(H,21,23,24). The second-order valence-corrected chi connectivity index (χ2v) is 7.04. The van der Waals surface area contributed by atoms with Gasteiger partial charge in [-0.1, -0.05) is 48.5 Å². The Balaban J connectivity index is 1.77. The summed E-state index contributed by atoms with van der Waals surface area (Å²) < 4.78 is 0. The van der Waals surface area contributed by atoms with E-state index in [1.165, 1.54) is 6.42 Å². The molecule has 1 aromatic heterocycles. The highest BCUT2D eigenvalue weighted by atomic mass is 35.5. The van der Waals surface area contributed by atoms with Crippen LogP contribution >= 0.6 is 23.2 Å². The number of aryl methyl sites for hydroxylation is 1. The third-order valence-corrected chi connectivity index (χ3v) is 5.04. The average molecular weight is 379 g/mol. The number of halogens is 2. The van der Waals surface area contributed by atoms with Crippen LogP contribution in [0.25, 0.3) is 0 Å². The van der Waals surface area contributed by atoms with Gasteiger partial charge in [-0.25, -0.2) is 9.97 Å². The van der Waals surface area contributed by atoms with Crippen molar-refractivity contribution in [3.8, 4) is 0 Å². The Morgan fingerprint density at radius 1 is 1.16 bits per heavy atom. The number of aromatic nitrogens is 2. The first-order valence-corrected chi connectivity index (χ1v) is 9.16. The van der Waals surface area contributed by atoms with Gasteiger partial charge in [0, 0.05) is 11.7 Å². The number of hydrogen-bond donors (Lipinski definition) is 2. The highest BCUT2D eigenvalue weighted by Gasteiger charge is 2.18. The molecule has 132 valence electrons. The van der Waals surface area contributed by atoms with Gasteiger partial charge in [-0.15, -0.1) is 0 Å². The van der Waals surface area contributed by atoms with Gasteiger partial charge >= 0.3 is 0 Å². The van der Waals surface area contributed by atoms with E-state index in [2.05, 4.69) is 20.6 Å². The first-order chi connectivity index (χ1) is 12.0. The minimum absolute atomic E-state index is 0.169. The van der Waals surface area contributed by atoms with Crippen LogP contribution in [0.2, 0.25) is 10.0 Å². The zero-order valence-electron chi connectivity index (χ0n) is 14.0. The summed E-state index contributed by atoms with van der Waals surface area (Å²) >= 11 is 12.2. The molecule has 3 rings (SSSR count). The van der Waals surface area contributed by atoms with E-state index in [0.29, 0.717) is 33.1 Å². The van der Waals surface area contributed by atoms with Crippen molar-refractivity contribution in [1.29, 1.82) is 0 Å². The summed E-state index contributed by atoms with van der Waals surface area (Å²) in [6.07, 6.45) is 5.62. The van der Waals surface area contributed by atoms with Crippen LogP contribution < -0.4 is 10.6 Å². The van der Waals surface area contributed by atoms with Crippen molar-refractivity contribution in [2.45, 2.75) is 45.1 Å². The summed E-state index contributed by atoms with van der Waals surface area (Å²) in [5.41, 5.74) is 1.64. The van der Waals surface area contributed by atoms with Gasteiger partial charge in [-0.05, 0) is 38.0 Å². The Bertz CT molecular complexity index is 776. The molecule has 1 amide bonds. The Labute approximate surface area is 157 Å². The zero-order valence-corrected chi connectivity index (χ0v) is 15.5. The molecule has 1 aliphatic carbocycles. The molecule has 2 aromatic rings. The fraction of sp³-hybridized carbons (Fsp3) is 0.389. The van der Waals surface area contributed by atoms with E-state index in [4.69, 9.17) is 23.2 Å². The van der Waals surface area contributed by atoms with E-state index >= 15 is 0 Å². The predicted molar refractivity (Wildman–Crippen MR) is 101 cm³/mol. The maximum atomic E-state index is 12.5. The number of rotatable bonds is 4. The molecule has 0 atom stereocenters. The van der Waals surface area contributed by atoms with E-state index in [1.807, 2.05) is 6.92 Å². The number of carbonyl (C=O) groups is 1. The number of carbonyl (C=O) groups excluding carboxylic acids is 1. The first-order valence-electron chi connectivity index (χ1n) is 8.40. The summed E-state index contributed by atoms with van der Waals surface area (Å²) in [6, 6.07) is 7.18. The van der Waals surface area contributed by atoms with E-state index in [9.17, 15) is 4.79 Å². The monoisotopic (exact) mass is 378 g/mol. The van der Waals surface area contributed by atoms with Crippen molar-refractivity contribution >= 4 is 40.7 Å². The van der Waals surface area contributed by atoms with Gasteiger partial charge in [0.1, 0.15) is 5.69 Å². The predicted octanol–water partition coefficient (Wildman–Crippen LogP) is 4.90. The molecule has 7 heteroatoms. The summed E-state index contributed by atoms with van der Waals surface area (Å²) in [5, 5.41) is 6.93. The van der Waals surface area contributed by atoms with E-state index in [-0.39, 0.29) is 11.9 Å². The molecule has 0 radical (unpaired) electrons. The highest BCUT2D eigenvalue weighted by molar-refractivity contribution is 6.43. The van der Waals surface area contributed by atoms with Crippen molar-refractivity contribution in [3.05, 3.63) is 45.7 Å². The van der Waals surface area contributed by atoms with Crippen LogP contribution in [-0.4, -0.2) is 21.9 Å². The summed E-state index contributed by atoms with van der Waals surface area (Å²) in [4.78, 5) is 21.2. The Hall–Kier alpha value is -1.85. The normalized spacial score (nSPS) is 15.0. The number of anilines is 2. The molecule has 1 aromatic carbocycles. The van der Waals surface area contributed by atoms with Crippen LogP contribution in [0.3, 0.4) is 0 Å².